The minimum absolute atomic E-state index is 0.0997. The van der Waals surface area contributed by atoms with Crippen molar-refractivity contribution in [2.45, 2.75) is 0 Å². The predicted molar refractivity (Wildman–Crippen MR) is 87.7 cm³/mol. The quantitative estimate of drug-likeness (QED) is 0.348. The first kappa shape index (κ1) is 18.1. The number of carbonyl (C=O) groups is 1. The number of amides is 1. The largest absolute Gasteiger partial charge is 0.493 e. The van der Waals surface area contributed by atoms with E-state index in [1.54, 1.807) is 0 Å². The van der Waals surface area contributed by atoms with Crippen LogP contribution in [-0.4, -0.2) is 20.1 Å². The molecule has 0 saturated heterocycles. The molecule has 9 heteroatoms. The van der Waals surface area contributed by atoms with Crippen LogP contribution >= 0.6 is 27.5 Å². The fourth-order valence-electron chi connectivity index (χ4n) is 1.58. The summed E-state index contributed by atoms with van der Waals surface area (Å²) in [4.78, 5) is 11.7. The minimum Gasteiger partial charge on any atom is -0.493 e. The fourth-order valence-corrected chi connectivity index (χ4v) is 2.29. The molecule has 0 saturated carbocycles. The molecule has 1 aromatic carbocycles. The molecule has 1 aromatic rings. The maximum atomic E-state index is 13.6. The van der Waals surface area contributed by atoms with E-state index in [1.165, 1.54) is 32.4 Å². The number of benzene rings is 1. The number of rotatable bonds is 5. The molecule has 0 fully saturated rings. The van der Waals surface area contributed by atoms with Gasteiger partial charge >= 0.3 is 0 Å². The van der Waals surface area contributed by atoms with E-state index in [1.807, 2.05) is 0 Å². The van der Waals surface area contributed by atoms with Crippen molar-refractivity contribution in [1.29, 1.82) is 0 Å². The predicted octanol–water partition coefficient (Wildman–Crippen LogP) is 1.96. The second-order valence-electron chi connectivity index (χ2n) is 4.03. The minimum atomic E-state index is -0.550. The molecule has 0 aliphatic heterocycles. The van der Waals surface area contributed by atoms with Gasteiger partial charge in [0.15, 0.2) is 5.75 Å². The second-order valence-corrected chi connectivity index (χ2v) is 5.32. The summed E-state index contributed by atoms with van der Waals surface area (Å²) in [5, 5.41) is 5.04. The second kappa shape index (κ2) is 7.90. The molecular formula is C13H15BrClFN4O2. The SMILES string of the molecule is CNC(=O)/C(N)=C(/C=C(\N)Cl)Nc1cc(F)cc(Br)c1OC. The summed E-state index contributed by atoms with van der Waals surface area (Å²) in [7, 11) is 2.83. The fraction of sp³-hybridized carbons (Fsp3) is 0.154. The van der Waals surface area contributed by atoms with Gasteiger partial charge in [-0.3, -0.25) is 4.79 Å². The molecule has 0 aliphatic rings. The highest BCUT2D eigenvalue weighted by molar-refractivity contribution is 9.10. The zero-order valence-electron chi connectivity index (χ0n) is 11.8. The van der Waals surface area contributed by atoms with Crippen molar-refractivity contribution in [2.24, 2.45) is 11.5 Å². The number of ether oxygens (including phenoxy) is 1. The van der Waals surface area contributed by atoms with E-state index in [9.17, 15) is 9.18 Å². The van der Waals surface area contributed by atoms with Gasteiger partial charge in [-0.25, -0.2) is 4.39 Å². The van der Waals surface area contributed by atoms with Crippen LogP contribution in [0.3, 0.4) is 0 Å². The third-order valence-electron chi connectivity index (χ3n) is 2.53. The van der Waals surface area contributed by atoms with Gasteiger partial charge in [0.2, 0.25) is 0 Å². The molecule has 6 N–H and O–H groups in total. The highest BCUT2D eigenvalue weighted by Gasteiger charge is 2.15. The molecule has 120 valence electrons. The van der Waals surface area contributed by atoms with Crippen LogP contribution in [0.5, 0.6) is 5.75 Å². The van der Waals surface area contributed by atoms with Crippen LogP contribution in [0.4, 0.5) is 10.1 Å². The third-order valence-corrected chi connectivity index (χ3v) is 3.22. The van der Waals surface area contributed by atoms with Crippen LogP contribution in [0.2, 0.25) is 0 Å². The lowest BCUT2D eigenvalue weighted by Gasteiger charge is -2.15. The average Bonchev–Trinajstić information content (AvgIpc) is 2.44. The van der Waals surface area contributed by atoms with Crippen LogP contribution < -0.4 is 26.8 Å². The van der Waals surface area contributed by atoms with Crippen LogP contribution in [0.15, 0.2) is 39.2 Å². The van der Waals surface area contributed by atoms with Crippen molar-refractivity contribution in [3.8, 4) is 5.75 Å². The zero-order valence-corrected chi connectivity index (χ0v) is 14.2. The van der Waals surface area contributed by atoms with E-state index >= 15 is 0 Å². The number of methoxy groups -OCH3 is 1. The summed E-state index contributed by atoms with van der Waals surface area (Å²) in [6, 6.07) is 2.42. The monoisotopic (exact) mass is 392 g/mol. The lowest BCUT2D eigenvalue weighted by atomic mass is 10.2. The molecule has 0 heterocycles. The average molecular weight is 394 g/mol. The number of allylic oxidation sites excluding steroid dienone is 1. The number of halogens is 3. The van der Waals surface area contributed by atoms with Gasteiger partial charge in [-0.15, -0.1) is 0 Å². The van der Waals surface area contributed by atoms with E-state index in [4.69, 9.17) is 27.8 Å². The number of carbonyl (C=O) groups excluding carboxylic acids is 1. The lowest BCUT2D eigenvalue weighted by Crippen LogP contribution is -2.27. The van der Waals surface area contributed by atoms with Gasteiger partial charge in [-0.2, -0.15) is 0 Å². The smallest absolute Gasteiger partial charge is 0.269 e. The number of nitrogens with one attached hydrogen (secondary N) is 2. The summed E-state index contributed by atoms with van der Waals surface area (Å²) in [6.45, 7) is 0. The first-order valence-electron chi connectivity index (χ1n) is 5.94. The van der Waals surface area contributed by atoms with Gasteiger partial charge in [-0.05, 0) is 28.1 Å². The van der Waals surface area contributed by atoms with E-state index in [-0.39, 0.29) is 22.2 Å². The third kappa shape index (κ3) is 4.54. The molecule has 0 radical (unpaired) electrons. The summed E-state index contributed by atoms with van der Waals surface area (Å²) in [5.74, 6) is -0.743. The molecule has 0 spiro atoms. The first-order valence-corrected chi connectivity index (χ1v) is 7.11. The number of anilines is 1. The van der Waals surface area contributed by atoms with Crippen LogP contribution in [0, 0.1) is 5.82 Å². The summed E-state index contributed by atoms with van der Waals surface area (Å²) < 4.78 is 19.1. The highest BCUT2D eigenvalue weighted by Crippen LogP contribution is 2.35. The van der Waals surface area contributed by atoms with Crippen LogP contribution in [0.1, 0.15) is 0 Å². The Hall–Kier alpha value is -1.93. The van der Waals surface area contributed by atoms with Crippen LogP contribution in [0.25, 0.3) is 0 Å². The Morgan fingerprint density at radius 1 is 1.45 bits per heavy atom. The highest BCUT2D eigenvalue weighted by atomic mass is 79.9. The molecular weight excluding hydrogens is 379 g/mol. The number of hydrogen-bond acceptors (Lipinski definition) is 5. The molecule has 1 rings (SSSR count). The van der Waals surface area contributed by atoms with Crippen molar-refractivity contribution in [2.75, 3.05) is 19.5 Å². The molecule has 0 atom stereocenters. The Balaban J connectivity index is 3.38. The molecule has 0 unspecified atom stereocenters. The van der Waals surface area contributed by atoms with E-state index < -0.39 is 11.7 Å². The first-order chi connectivity index (χ1) is 10.3. The summed E-state index contributed by atoms with van der Waals surface area (Å²) >= 11 is 8.81. The van der Waals surface area contributed by atoms with Crippen molar-refractivity contribution in [1.82, 2.24) is 5.32 Å². The van der Waals surface area contributed by atoms with Gasteiger partial charge in [-0.1, -0.05) is 11.6 Å². The van der Waals surface area contributed by atoms with Crippen molar-refractivity contribution < 1.29 is 13.9 Å². The Bertz CT molecular complexity index is 645. The molecule has 0 aliphatic carbocycles. The van der Waals surface area contributed by atoms with Gasteiger partial charge in [0.05, 0.1) is 23.0 Å². The molecule has 1 amide bonds. The van der Waals surface area contributed by atoms with Gasteiger partial charge in [0, 0.05) is 13.1 Å². The molecule has 22 heavy (non-hydrogen) atoms. The lowest BCUT2D eigenvalue weighted by molar-refractivity contribution is -0.117. The zero-order chi connectivity index (χ0) is 16.9. The van der Waals surface area contributed by atoms with Crippen molar-refractivity contribution >= 4 is 39.1 Å². The summed E-state index contributed by atoms with van der Waals surface area (Å²) in [6.07, 6.45) is 1.24. The normalized spacial score (nSPS) is 12.5. The molecule has 0 bridgehead atoms. The number of likely N-dealkylation sites (N-methyl/N-ethyl adjacent to an activating group) is 1. The van der Waals surface area contributed by atoms with Gasteiger partial charge < -0.3 is 26.8 Å². The summed E-state index contributed by atoms with van der Waals surface area (Å²) in [5.41, 5.74) is 11.3. The maximum absolute atomic E-state index is 13.6. The van der Waals surface area contributed by atoms with Crippen LogP contribution in [-0.2, 0) is 4.79 Å². The Labute approximate surface area is 140 Å². The standard InChI is InChI=1S/C13H15BrClFN4O2/c1-19-13(21)11(18)8(5-10(15)17)20-9-4-6(16)3-7(14)12(9)22-2/h3-5,20H,17-18H2,1-2H3,(H,19,21)/b10-5-,11-8+. The van der Waals surface area contributed by atoms with Gasteiger partial charge in [0.1, 0.15) is 16.7 Å². The van der Waals surface area contributed by atoms with Gasteiger partial charge in [0.25, 0.3) is 5.91 Å². The van der Waals surface area contributed by atoms with Crippen molar-refractivity contribution in [3.63, 3.8) is 0 Å². The topological polar surface area (TPSA) is 102 Å². The van der Waals surface area contributed by atoms with E-state index in [0.717, 1.165) is 0 Å². The Kier molecular flexibility index (Phi) is 6.51. The molecule has 6 nitrogen and oxygen atoms in total. The Morgan fingerprint density at radius 2 is 2.09 bits per heavy atom. The number of nitrogens with two attached hydrogens (primary N) is 2. The maximum Gasteiger partial charge on any atom is 0.269 e. The van der Waals surface area contributed by atoms with E-state index in [2.05, 4.69) is 26.6 Å². The number of hydrogen-bond donors (Lipinski definition) is 4. The Morgan fingerprint density at radius 3 is 2.59 bits per heavy atom. The van der Waals surface area contributed by atoms with Crippen molar-refractivity contribution in [3.05, 3.63) is 45.0 Å². The van der Waals surface area contributed by atoms with E-state index in [0.29, 0.717) is 10.2 Å². The molecule has 0 aromatic heterocycles.